The van der Waals surface area contributed by atoms with E-state index in [1.165, 1.54) is 31.3 Å². The molecular formula is C16H17ClN2O4S. The van der Waals surface area contributed by atoms with Gasteiger partial charge in [-0.15, -0.1) is 0 Å². The minimum atomic E-state index is -3.62. The number of hydrogen-bond donors (Lipinski definition) is 3. The molecule has 0 saturated carbocycles. The molecule has 3 N–H and O–H groups in total. The largest absolute Gasteiger partial charge is 0.387 e. The molecule has 0 aliphatic heterocycles. The van der Waals surface area contributed by atoms with Crippen LogP contribution in [0, 0.1) is 0 Å². The number of aliphatic hydroxyl groups is 1. The summed E-state index contributed by atoms with van der Waals surface area (Å²) in [5.74, 6) is -0.476. The van der Waals surface area contributed by atoms with E-state index in [4.69, 9.17) is 11.6 Å². The second-order valence-electron chi connectivity index (χ2n) is 5.01. The van der Waals surface area contributed by atoms with E-state index in [-0.39, 0.29) is 17.0 Å². The number of sulfonamides is 1. The molecule has 0 bridgehead atoms. The quantitative estimate of drug-likeness (QED) is 0.723. The Labute approximate surface area is 145 Å². The molecule has 0 aliphatic rings. The minimum Gasteiger partial charge on any atom is -0.387 e. The van der Waals surface area contributed by atoms with Gasteiger partial charge < -0.3 is 10.4 Å². The molecule has 2 rings (SSSR count). The van der Waals surface area contributed by atoms with E-state index < -0.39 is 22.0 Å². The first kappa shape index (κ1) is 18.4. The lowest BCUT2D eigenvalue weighted by Gasteiger charge is -2.13. The number of carbonyl (C=O) groups excluding carboxylic acids is 1. The van der Waals surface area contributed by atoms with Crippen LogP contribution in [0.2, 0.25) is 5.02 Å². The van der Waals surface area contributed by atoms with E-state index in [9.17, 15) is 18.3 Å². The number of benzene rings is 2. The molecule has 0 radical (unpaired) electrons. The Morgan fingerprint density at radius 1 is 1.21 bits per heavy atom. The SMILES string of the molecule is CNS(=O)(=O)c1cccc(C(=O)NC[C@H](O)c2ccc(Cl)cc2)c1. The number of hydrogen-bond acceptors (Lipinski definition) is 4. The zero-order valence-corrected chi connectivity index (χ0v) is 14.4. The van der Waals surface area contributed by atoms with Crippen molar-refractivity contribution in [1.82, 2.24) is 10.0 Å². The zero-order valence-electron chi connectivity index (χ0n) is 12.9. The Morgan fingerprint density at radius 2 is 1.88 bits per heavy atom. The van der Waals surface area contributed by atoms with Crippen LogP contribution in [0.15, 0.2) is 53.4 Å². The summed E-state index contributed by atoms with van der Waals surface area (Å²) in [5, 5.41) is 13.2. The first-order valence-electron chi connectivity index (χ1n) is 7.09. The molecule has 0 unspecified atom stereocenters. The van der Waals surface area contributed by atoms with Gasteiger partial charge in [-0.25, -0.2) is 13.1 Å². The van der Waals surface area contributed by atoms with Gasteiger partial charge in [-0.05, 0) is 42.9 Å². The Hall–Kier alpha value is -1.93. The fourth-order valence-electron chi connectivity index (χ4n) is 2.02. The van der Waals surface area contributed by atoms with Crippen molar-refractivity contribution in [1.29, 1.82) is 0 Å². The van der Waals surface area contributed by atoms with Gasteiger partial charge in [-0.1, -0.05) is 29.8 Å². The van der Waals surface area contributed by atoms with Gasteiger partial charge >= 0.3 is 0 Å². The highest BCUT2D eigenvalue weighted by Gasteiger charge is 2.15. The Morgan fingerprint density at radius 3 is 2.50 bits per heavy atom. The van der Waals surface area contributed by atoms with Crippen molar-refractivity contribution in [3.8, 4) is 0 Å². The Kier molecular flexibility index (Phi) is 5.95. The fourth-order valence-corrected chi connectivity index (χ4v) is 2.92. The third-order valence-corrected chi connectivity index (χ3v) is 5.05. The average molecular weight is 369 g/mol. The summed E-state index contributed by atoms with van der Waals surface area (Å²) >= 11 is 5.78. The van der Waals surface area contributed by atoms with Crippen LogP contribution in [0.5, 0.6) is 0 Å². The smallest absolute Gasteiger partial charge is 0.251 e. The Bertz CT molecular complexity index is 822. The van der Waals surface area contributed by atoms with Crippen LogP contribution in [0.3, 0.4) is 0 Å². The molecule has 6 nitrogen and oxygen atoms in total. The van der Waals surface area contributed by atoms with E-state index in [0.29, 0.717) is 10.6 Å². The van der Waals surface area contributed by atoms with Crippen LogP contribution in [0.25, 0.3) is 0 Å². The summed E-state index contributed by atoms with van der Waals surface area (Å²) in [4.78, 5) is 12.1. The van der Waals surface area contributed by atoms with Crippen molar-refractivity contribution in [2.75, 3.05) is 13.6 Å². The van der Waals surface area contributed by atoms with Gasteiger partial charge in [0.15, 0.2) is 0 Å². The number of aliphatic hydroxyl groups excluding tert-OH is 1. The van der Waals surface area contributed by atoms with Crippen molar-refractivity contribution >= 4 is 27.5 Å². The standard InChI is InChI=1S/C16H17ClN2O4S/c1-18-24(22,23)14-4-2-3-12(9-14)16(21)19-10-15(20)11-5-7-13(17)8-6-11/h2-9,15,18,20H,10H2,1H3,(H,19,21)/t15-/m0/s1. The van der Waals surface area contributed by atoms with E-state index in [0.717, 1.165) is 0 Å². The highest BCUT2D eigenvalue weighted by molar-refractivity contribution is 7.89. The lowest BCUT2D eigenvalue weighted by Crippen LogP contribution is -2.28. The summed E-state index contributed by atoms with van der Waals surface area (Å²) in [6.07, 6.45) is -0.893. The summed E-state index contributed by atoms with van der Waals surface area (Å²) in [5.41, 5.74) is 0.806. The van der Waals surface area contributed by atoms with Gasteiger partial charge in [0.25, 0.3) is 5.91 Å². The zero-order chi connectivity index (χ0) is 17.7. The van der Waals surface area contributed by atoms with Crippen molar-refractivity contribution in [3.63, 3.8) is 0 Å². The predicted octanol–water partition coefficient (Wildman–Crippen LogP) is 1.71. The monoisotopic (exact) mass is 368 g/mol. The highest BCUT2D eigenvalue weighted by atomic mass is 35.5. The molecule has 1 atom stereocenters. The molecule has 1 amide bonds. The van der Waals surface area contributed by atoms with Crippen LogP contribution in [-0.2, 0) is 10.0 Å². The molecule has 0 heterocycles. The minimum absolute atomic E-state index is 0.00380. The number of rotatable bonds is 6. The molecule has 0 aliphatic carbocycles. The maximum atomic E-state index is 12.1. The molecule has 2 aromatic rings. The summed E-state index contributed by atoms with van der Waals surface area (Å²) < 4.78 is 25.7. The van der Waals surface area contributed by atoms with Gasteiger partial charge in [0.1, 0.15) is 0 Å². The first-order chi connectivity index (χ1) is 11.3. The lowest BCUT2D eigenvalue weighted by molar-refractivity contribution is 0.0916. The number of nitrogens with one attached hydrogen (secondary N) is 2. The number of halogens is 1. The van der Waals surface area contributed by atoms with Crippen molar-refractivity contribution in [3.05, 3.63) is 64.7 Å². The summed E-state index contributed by atoms with van der Waals surface area (Å²) in [6.45, 7) is -0.0104. The maximum Gasteiger partial charge on any atom is 0.251 e. The third-order valence-electron chi connectivity index (χ3n) is 3.39. The number of amides is 1. The summed E-state index contributed by atoms with van der Waals surface area (Å²) in [7, 11) is -2.33. The molecular weight excluding hydrogens is 352 g/mol. The fraction of sp³-hybridized carbons (Fsp3) is 0.188. The van der Waals surface area contributed by atoms with Crippen LogP contribution in [-0.4, -0.2) is 33.0 Å². The van der Waals surface area contributed by atoms with Crippen LogP contribution in [0.4, 0.5) is 0 Å². The highest BCUT2D eigenvalue weighted by Crippen LogP contribution is 2.16. The second kappa shape index (κ2) is 7.76. The van der Waals surface area contributed by atoms with Gasteiger partial charge in [0, 0.05) is 17.1 Å². The third kappa shape index (κ3) is 4.55. The average Bonchev–Trinajstić information content (AvgIpc) is 2.60. The van der Waals surface area contributed by atoms with Gasteiger partial charge in [0.2, 0.25) is 10.0 Å². The van der Waals surface area contributed by atoms with Gasteiger partial charge in [-0.2, -0.15) is 0 Å². The Balaban J connectivity index is 2.05. The number of carbonyl (C=O) groups is 1. The van der Waals surface area contributed by atoms with Crippen LogP contribution in [0.1, 0.15) is 22.0 Å². The topological polar surface area (TPSA) is 95.5 Å². The van der Waals surface area contributed by atoms with Gasteiger partial charge in [-0.3, -0.25) is 4.79 Å². The van der Waals surface area contributed by atoms with Crippen molar-refractivity contribution in [2.24, 2.45) is 0 Å². The molecule has 0 saturated heterocycles. The molecule has 2 aromatic carbocycles. The lowest BCUT2D eigenvalue weighted by atomic mass is 10.1. The first-order valence-corrected chi connectivity index (χ1v) is 8.95. The molecule has 0 spiro atoms. The second-order valence-corrected chi connectivity index (χ2v) is 7.34. The van der Waals surface area contributed by atoms with E-state index in [1.54, 1.807) is 24.3 Å². The molecule has 128 valence electrons. The predicted molar refractivity (Wildman–Crippen MR) is 91.4 cm³/mol. The molecule has 24 heavy (non-hydrogen) atoms. The normalized spacial score (nSPS) is 12.6. The van der Waals surface area contributed by atoms with Crippen LogP contribution >= 0.6 is 11.6 Å². The summed E-state index contributed by atoms with van der Waals surface area (Å²) in [6, 6.07) is 12.3. The van der Waals surface area contributed by atoms with E-state index >= 15 is 0 Å². The maximum absolute atomic E-state index is 12.1. The van der Waals surface area contributed by atoms with Crippen molar-refractivity contribution < 1.29 is 18.3 Å². The molecule has 0 fully saturated rings. The van der Waals surface area contributed by atoms with Crippen LogP contribution < -0.4 is 10.0 Å². The molecule has 8 heteroatoms. The molecule has 0 aromatic heterocycles. The van der Waals surface area contributed by atoms with Crippen molar-refractivity contribution in [2.45, 2.75) is 11.0 Å². The van der Waals surface area contributed by atoms with E-state index in [2.05, 4.69) is 10.0 Å². The van der Waals surface area contributed by atoms with E-state index in [1.807, 2.05) is 0 Å². The van der Waals surface area contributed by atoms with Gasteiger partial charge in [0.05, 0.1) is 11.0 Å².